The number of hydrogen-bond acceptors (Lipinski definition) is 5. The molecule has 1 aromatic heterocycles. The summed E-state index contributed by atoms with van der Waals surface area (Å²) >= 11 is 3.50. The molecule has 0 aliphatic carbocycles. The Labute approximate surface area is 176 Å². The Morgan fingerprint density at radius 2 is 1.76 bits per heavy atom. The Balaban J connectivity index is 1.81. The van der Waals surface area contributed by atoms with Crippen molar-refractivity contribution in [2.45, 2.75) is 27.2 Å². The number of hydrogen-bond donors (Lipinski definition) is 1. The number of fused-ring (bicyclic) bond motifs is 1. The van der Waals surface area contributed by atoms with E-state index in [9.17, 15) is 9.59 Å². The molecule has 0 atom stereocenters. The molecule has 152 valence electrons. The number of aryl methyl sites for hydroxylation is 1. The van der Waals surface area contributed by atoms with E-state index in [1.165, 1.54) is 6.07 Å². The van der Waals surface area contributed by atoms with Crippen molar-refractivity contribution in [3.63, 3.8) is 0 Å². The van der Waals surface area contributed by atoms with E-state index in [-0.39, 0.29) is 12.3 Å². The molecule has 0 aliphatic rings. The van der Waals surface area contributed by atoms with E-state index in [1.807, 2.05) is 32.9 Å². The summed E-state index contributed by atoms with van der Waals surface area (Å²) in [5, 5.41) is 3.68. The quantitative estimate of drug-likeness (QED) is 0.511. The third-order valence-corrected chi connectivity index (χ3v) is 5.04. The Bertz CT molecular complexity index is 1110. The molecule has 0 saturated heterocycles. The minimum atomic E-state index is -0.416. The molecule has 3 rings (SSSR count). The van der Waals surface area contributed by atoms with Crippen molar-refractivity contribution in [3.05, 3.63) is 62.4 Å². The Hall–Kier alpha value is -2.80. The van der Waals surface area contributed by atoms with E-state index in [0.29, 0.717) is 36.0 Å². The van der Waals surface area contributed by atoms with Crippen LogP contribution in [-0.2, 0) is 11.2 Å². The summed E-state index contributed by atoms with van der Waals surface area (Å²) in [7, 11) is 0. The SMILES string of the molecule is CCOc1cc(Br)c(CC(=O)Nc2ccc3c(C)cc(=O)oc3c2)cc1OCC. The topological polar surface area (TPSA) is 77.8 Å². The van der Waals surface area contributed by atoms with Crippen LogP contribution in [0.25, 0.3) is 11.0 Å². The monoisotopic (exact) mass is 459 g/mol. The van der Waals surface area contributed by atoms with Crippen LogP contribution in [0.4, 0.5) is 5.69 Å². The number of carbonyl (C=O) groups excluding carboxylic acids is 1. The highest BCUT2D eigenvalue weighted by atomic mass is 79.9. The number of ether oxygens (including phenoxy) is 2. The summed E-state index contributed by atoms with van der Waals surface area (Å²) in [6.07, 6.45) is 0.142. The van der Waals surface area contributed by atoms with Gasteiger partial charge in [-0.3, -0.25) is 4.79 Å². The number of carbonyl (C=O) groups is 1. The van der Waals surface area contributed by atoms with Crippen molar-refractivity contribution < 1.29 is 18.7 Å². The molecule has 3 aromatic rings. The van der Waals surface area contributed by atoms with Crippen LogP contribution in [0.2, 0.25) is 0 Å². The highest BCUT2D eigenvalue weighted by Crippen LogP contribution is 2.34. The lowest BCUT2D eigenvalue weighted by molar-refractivity contribution is -0.115. The van der Waals surface area contributed by atoms with Crippen molar-refractivity contribution >= 4 is 38.5 Å². The van der Waals surface area contributed by atoms with E-state index < -0.39 is 5.63 Å². The van der Waals surface area contributed by atoms with Crippen LogP contribution in [0.5, 0.6) is 11.5 Å². The molecule has 0 spiro atoms. The van der Waals surface area contributed by atoms with Crippen molar-refractivity contribution in [3.8, 4) is 11.5 Å². The fourth-order valence-corrected chi connectivity index (χ4v) is 3.49. The van der Waals surface area contributed by atoms with Gasteiger partial charge in [0.2, 0.25) is 5.91 Å². The summed E-state index contributed by atoms with van der Waals surface area (Å²) in [5.41, 5.74) is 2.19. The predicted octanol–water partition coefficient (Wildman–Crippen LogP) is 4.84. The van der Waals surface area contributed by atoms with Crippen LogP contribution < -0.4 is 20.4 Å². The zero-order valence-corrected chi connectivity index (χ0v) is 18.1. The van der Waals surface area contributed by atoms with Crippen LogP contribution in [-0.4, -0.2) is 19.1 Å². The highest BCUT2D eigenvalue weighted by Gasteiger charge is 2.14. The number of amides is 1. The van der Waals surface area contributed by atoms with Crippen LogP contribution >= 0.6 is 15.9 Å². The van der Waals surface area contributed by atoms with Gasteiger partial charge in [0.05, 0.1) is 19.6 Å². The molecular formula is C22H22BrNO5. The normalized spacial score (nSPS) is 10.8. The fourth-order valence-electron chi connectivity index (χ4n) is 3.03. The molecule has 1 N–H and O–H groups in total. The molecule has 0 bridgehead atoms. The van der Waals surface area contributed by atoms with E-state index >= 15 is 0 Å². The minimum absolute atomic E-state index is 0.142. The Kier molecular flexibility index (Phi) is 6.59. The van der Waals surface area contributed by atoms with Gasteiger partial charge >= 0.3 is 5.63 Å². The molecule has 29 heavy (non-hydrogen) atoms. The Morgan fingerprint density at radius 3 is 2.45 bits per heavy atom. The molecule has 1 heterocycles. The van der Waals surface area contributed by atoms with Crippen molar-refractivity contribution in [2.75, 3.05) is 18.5 Å². The van der Waals surface area contributed by atoms with Gasteiger partial charge in [0, 0.05) is 27.7 Å². The second-order valence-electron chi connectivity index (χ2n) is 6.44. The summed E-state index contributed by atoms with van der Waals surface area (Å²) < 4.78 is 17.2. The largest absolute Gasteiger partial charge is 0.490 e. The van der Waals surface area contributed by atoms with Crippen molar-refractivity contribution in [1.82, 2.24) is 0 Å². The lowest BCUT2D eigenvalue weighted by Gasteiger charge is -2.14. The third kappa shape index (κ3) is 4.98. The first-order valence-corrected chi connectivity index (χ1v) is 10.1. The maximum Gasteiger partial charge on any atom is 0.336 e. The third-order valence-electron chi connectivity index (χ3n) is 4.30. The maximum atomic E-state index is 12.6. The molecule has 1 amide bonds. The number of anilines is 1. The molecule has 0 unspecified atom stereocenters. The maximum absolute atomic E-state index is 12.6. The van der Waals surface area contributed by atoms with E-state index in [0.717, 1.165) is 21.0 Å². The predicted molar refractivity (Wildman–Crippen MR) is 116 cm³/mol. The molecule has 0 fully saturated rings. The standard InChI is InChI=1S/C22H22BrNO5/c1-4-27-19-9-14(17(23)12-20(19)28-5-2)10-21(25)24-15-6-7-16-13(3)8-22(26)29-18(16)11-15/h6-9,11-12H,4-5,10H2,1-3H3,(H,24,25). The summed E-state index contributed by atoms with van der Waals surface area (Å²) in [6.45, 7) is 6.65. The zero-order valence-electron chi connectivity index (χ0n) is 16.5. The van der Waals surface area contributed by atoms with Crippen LogP contribution in [0, 0.1) is 6.92 Å². The molecule has 7 heteroatoms. The van der Waals surface area contributed by atoms with E-state index in [4.69, 9.17) is 13.9 Å². The van der Waals surface area contributed by atoms with Gasteiger partial charge in [0.1, 0.15) is 5.58 Å². The number of halogens is 1. The average Bonchev–Trinajstić information content (AvgIpc) is 2.65. The van der Waals surface area contributed by atoms with Gasteiger partial charge in [-0.05, 0) is 56.2 Å². The lowest BCUT2D eigenvalue weighted by atomic mass is 10.1. The molecule has 2 aromatic carbocycles. The summed E-state index contributed by atoms with van der Waals surface area (Å²) in [5.74, 6) is 1.03. The van der Waals surface area contributed by atoms with Gasteiger partial charge in [-0.2, -0.15) is 0 Å². The van der Waals surface area contributed by atoms with Gasteiger partial charge in [0.15, 0.2) is 11.5 Å². The molecule has 0 aliphatic heterocycles. The number of rotatable bonds is 7. The van der Waals surface area contributed by atoms with Crippen LogP contribution in [0.15, 0.2) is 50.1 Å². The van der Waals surface area contributed by atoms with Gasteiger partial charge in [-0.25, -0.2) is 4.79 Å². The summed E-state index contributed by atoms with van der Waals surface area (Å²) in [4.78, 5) is 24.2. The minimum Gasteiger partial charge on any atom is -0.490 e. The molecule has 0 saturated carbocycles. The van der Waals surface area contributed by atoms with E-state index in [2.05, 4.69) is 21.2 Å². The second-order valence-corrected chi connectivity index (χ2v) is 7.30. The second kappa shape index (κ2) is 9.13. The lowest BCUT2D eigenvalue weighted by Crippen LogP contribution is -2.15. The first kappa shape index (κ1) is 20.9. The van der Waals surface area contributed by atoms with Crippen LogP contribution in [0.1, 0.15) is 25.0 Å². The zero-order chi connectivity index (χ0) is 21.0. The van der Waals surface area contributed by atoms with Gasteiger partial charge in [0.25, 0.3) is 0 Å². The average molecular weight is 460 g/mol. The van der Waals surface area contributed by atoms with Gasteiger partial charge < -0.3 is 19.2 Å². The first-order chi connectivity index (χ1) is 13.9. The summed E-state index contributed by atoms with van der Waals surface area (Å²) in [6, 6.07) is 10.3. The number of nitrogens with one attached hydrogen (secondary N) is 1. The smallest absolute Gasteiger partial charge is 0.336 e. The molecule has 6 nitrogen and oxygen atoms in total. The van der Waals surface area contributed by atoms with Crippen molar-refractivity contribution in [1.29, 1.82) is 0 Å². The first-order valence-electron chi connectivity index (χ1n) is 9.33. The molecule has 0 radical (unpaired) electrons. The van der Waals surface area contributed by atoms with Gasteiger partial charge in [-0.1, -0.05) is 15.9 Å². The van der Waals surface area contributed by atoms with Gasteiger partial charge in [-0.15, -0.1) is 0 Å². The van der Waals surface area contributed by atoms with E-state index in [1.54, 1.807) is 18.2 Å². The highest BCUT2D eigenvalue weighted by molar-refractivity contribution is 9.10. The van der Waals surface area contributed by atoms with Crippen LogP contribution in [0.3, 0.4) is 0 Å². The molecular weight excluding hydrogens is 438 g/mol. The van der Waals surface area contributed by atoms with Crippen molar-refractivity contribution in [2.24, 2.45) is 0 Å². The Morgan fingerprint density at radius 1 is 1.07 bits per heavy atom. The number of benzene rings is 2. The fraction of sp³-hybridized carbons (Fsp3) is 0.273.